The monoisotopic (exact) mass is 339 g/mol. The molecular weight excluding hydrogens is 332 g/mol. The van der Waals surface area contributed by atoms with E-state index in [0.717, 1.165) is 6.20 Å². The van der Waals surface area contributed by atoms with E-state index < -0.39 is 35.2 Å². The molecule has 23 heavy (non-hydrogen) atoms. The van der Waals surface area contributed by atoms with Crippen molar-refractivity contribution in [1.82, 2.24) is 5.16 Å². The summed E-state index contributed by atoms with van der Waals surface area (Å²) in [6, 6.07) is 0.536. The van der Waals surface area contributed by atoms with Gasteiger partial charge >= 0.3 is 18.3 Å². The van der Waals surface area contributed by atoms with Crippen LogP contribution < -0.4 is 4.74 Å². The summed E-state index contributed by atoms with van der Waals surface area (Å²) in [7, 11) is 0. The van der Waals surface area contributed by atoms with Crippen molar-refractivity contribution in [2.75, 3.05) is 0 Å². The van der Waals surface area contributed by atoms with Gasteiger partial charge in [0.2, 0.25) is 0 Å². The van der Waals surface area contributed by atoms with Crippen LogP contribution in [0.1, 0.15) is 27.2 Å². The summed E-state index contributed by atoms with van der Waals surface area (Å²) >= 11 is 0. The molecule has 0 aliphatic carbocycles. The lowest BCUT2D eigenvalue weighted by atomic mass is 10.1. The standard InChI is InChI=1S/C13H7F6NO3/c1-6-10(5-20-23-6)11(21)22-9-3-7(12(14,15)16)2-8(4-9)13(17,18)19/h2-5H,1H3. The van der Waals surface area contributed by atoms with Gasteiger partial charge in [-0.05, 0) is 25.1 Å². The van der Waals surface area contributed by atoms with Crippen LogP contribution >= 0.6 is 0 Å². The first-order chi connectivity index (χ1) is 10.5. The second kappa shape index (κ2) is 5.60. The maximum absolute atomic E-state index is 12.7. The number of carbonyl (C=O) groups is 1. The minimum absolute atomic E-state index is 0.0121. The van der Waals surface area contributed by atoms with E-state index in [1.54, 1.807) is 0 Å². The summed E-state index contributed by atoms with van der Waals surface area (Å²) in [6.07, 6.45) is -9.12. The van der Waals surface area contributed by atoms with Gasteiger partial charge in [-0.1, -0.05) is 5.16 Å². The summed E-state index contributed by atoms with van der Waals surface area (Å²) in [6.45, 7) is 1.33. The van der Waals surface area contributed by atoms with Crippen molar-refractivity contribution in [2.24, 2.45) is 0 Å². The average molecular weight is 339 g/mol. The van der Waals surface area contributed by atoms with Crippen LogP contribution in [0, 0.1) is 6.92 Å². The Morgan fingerprint density at radius 3 is 1.96 bits per heavy atom. The lowest BCUT2D eigenvalue weighted by molar-refractivity contribution is -0.143. The van der Waals surface area contributed by atoms with E-state index >= 15 is 0 Å². The second-order valence-corrected chi connectivity index (χ2v) is 4.43. The van der Waals surface area contributed by atoms with E-state index in [1.165, 1.54) is 6.92 Å². The molecule has 1 aromatic carbocycles. The minimum Gasteiger partial charge on any atom is -0.423 e. The van der Waals surface area contributed by atoms with Crippen molar-refractivity contribution in [1.29, 1.82) is 0 Å². The number of ether oxygens (including phenoxy) is 1. The van der Waals surface area contributed by atoms with Gasteiger partial charge in [0.15, 0.2) is 0 Å². The van der Waals surface area contributed by atoms with Crippen LogP contribution in [0.4, 0.5) is 26.3 Å². The van der Waals surface area contributed by atoms with Crippen molar-refractivity contribution < 1.29 is 40.4 Å². The fraction of sp³-hybridized carbons (Fsp3) is 0.231. The molecule has 0 saturated heterocycles. The highest BCUT2D eigenvalue weighted by Crippen LogP contribution is 2.38. The fourth-order valence-electron chi connectivity index (χ4n) is 1.64. The Hall–Kier alpha value is -2.52. The normalized spacial score (nSPS) is 12.3. The summed E-state index contributed by atoms with van der Waals surface area (Å²) in [5.41, 5.74) is -3.38. The molecule has 0 radical (unpaired) electrons. The van der Waals surface area contributed by atoms with E-state index in [4.69, 9.17) is 0 Å². The molecule has 0 unspecified atom stereocenters. The lowest BCUT2D eigenvalue weighted by Crippen LogP contribution is -2.14. The van der Waals surface area contributed by atoms with Gasteiger partial charge in [-0.15, -0.1) is 0 Å². The van der Waals surface area contributed by atoms with Crippen LogP contribution in [-0.4, -0.2) is 11.1 Å². The van der Waals surface area contributed by atoms with Crippen molar-refractivity contribution in [3.63, 3.8) is 0 Å². The molecule has 0 spiro atoms. The predicted molar refractivity (Wildman–Crippen MR) is 62.6 cm³/mol. The summed E-state index contributed by atoms with van der Waals surface area (Å²) in [4.78, 5) is 11.7. The van der Waals surface area contributed by atoms with Gasteiger partial charge in [-0.3, -0.25) is 0 Å². The first-order valence-corrected chi connectivity index (χ1v) is 5.91. The first kappa shape index (κ1) is 16.8. The molecular formula is C13H7F6NO3. The number of hydrogen-bond donors (Lipinski definition) is 0. The Morgan fingerprint density at radius 1 is 1.04 bits per heavy atom. The first-order valence-electron chi connectivity index (χ1n) is 5.91. The van der Waals surface area contributed by atoms with Crippen LogP contribution in [0.5, 0.6) is 5.75 Å². The number of alkyl halides is 6. The molecule has 124 valence electrons. The molecule has 2 rings (SSSR count). The number of aromatic nitrogens is 1. The van der Waals surface area contributed by atoms with Crippen LogP contribution in [0.3, 0.4) is 0 Å². The molecule has 0 fully saturated rings. The zero-order valence-electron chi connectivity index (χ0n) is 11.2. The molecule has 0 aliphatic heterocycles. The number of hydrogen-bond acceptors (Lipinski definition) is 4. The topological polar surface area (TPSA) is 52.3 Å². The largest absolute Gasteiger partial charge is 0.423 e. The second-order valence-electron chi connectivity index (χ2n) is 4.43. The Morgan fingerprint density at radius 2 is 1.57 bits per heavy atom. The predicted octanol–water partition coefficient (Wildman–Crippen LogP) is 4.24. The van der Waals surface area contributed by atoms with Gasteiger partial charge in [0.1, 0.15) is 17.1 Å². The van der Waals surface area contributed by atoms with Gasteiger partial charge in [0.05, 0.1) is 17.3 Å². The van der Waals surface area contributed by atoms with Crippen LogP contribution in [0.25, 0.3) is 0 Å². The van der Waals surface area contributed by atoms with Crippen molar-refractivity contribution in [2.45, 2.75) is 19.3 Å². The third kappa shape index (κ3) is 3.82. The average Bonchev–Trinajstić information content (AvgIpc) is 2.82. The fourth-order valence-corrected chi connectivity index (χ4v) is 1.64. The number of esters is 1. The molecule has 4 nitrogen and oxygen atoms in total. The van der Waals surface area contributed by atoms with Gasteiger partial charge < -0.3 is 9.26 Å². The number of aryl methyl sites for hydroxylation is 1. The van der Waals surface area contributed by atoms with Crippen LogP contribution in [0.2, 0.25) is 0 Å². The minimum atomic E-state index is -5.03. The Labute approximate surface area is 124 Å². The van der Waals surface area contributed by atoms with E-state index in [1.807, 2.05) is 0 Å². The maximum Gasteiger partial charge on any atom is 0.416 e. The van der Waals surface area contributed by atoms with Crippen molar-refractivity contribution >= 4 is 5.97 Å². The van der Waals surface area contributed by atoms with Crippen LogP contribution in [-0.2, 0) is 12.4 Å². The number of halogens is 6. The quantitative estimate of drug-likeness (QED) is 0.467. The Bertz CT molecular complexity index is 700. The Kier molecular flexibility index (Phi) is 4.10. The number of rotatable bonds is 2. The number of carbonyl (C=O) groups excluding carboxylic acids is 1. The van der Waals surface area contributed by atoms with Gasteiger partial charge in [0, 0.05) is 0 Å². The molecule has 0 atom stereocenters. The molecule has 10 heteroatoms. The highest BCUT2D eigenvalue weighted by molar-refractivity contribution is 5.91. The van der Waals surface area contributed by atoms with Crippen LogP contribution in [0.15, 0.2) is 28.9 Å². The molecule has 1 aromatic heterocycles. The SMILES string of the molecule is Cc1oncc1C(=O)Oc1cc(C(F)(F)F)cc(C(F)(F)F)c1. The molecule has 0 bridgehead atoms. The summed E-state index contributed by atoms with van der Waals surface area (Å²) in [5.74, 6) is -2.06. The third-order valence-corrected chi connectivity index (χ3v) is 2.74. The smallest absolute Gasteiger partial charge is 0.416 e. The van der Waals surface area contributed by atoms with E-state index in [0.29, 0.717) is 12.1 Å². The number of nitrogens with zero attached hydrogens (tertiary/aromatic N) is 1. The zero-order chi connectivity index (χ0) is 17.4. The van der Waals surface area contributed by atoms with Gasteiger partial charge in [-0.2, -0.15) is 26.3 Å². The molecule has 0 saturated carbocycles. The van der Waals surface area contributed by atoms with E-state index in [2.05, 4.69) is 14.4 Å². The summed E-state index contributed by atoms with van der Waals surface area (Å²) < 4.78 is 85.2. The lowest BCUT2D eigenvalue weighted by Gasteiger charge is -2.14. The molecule has 1 heterocycles. The van der Waals surface area contributed by atoms with E-state index in [-0.39, 0.29) is 17.4 Å². The highest BCUT2D eigenvalue weighted by Gasteiger charge is 2.37. The molecule has 0 N–H and O–H groups in total. The van der Waals surface area contributed by atoms with Crippen molar-refractivity contribution in [3.05, 3.63) is 46.8 Å². The molecule has 0 amide bonds. The zero-order valence-corrected chi connectivity index (χ0v) is 11.2. The van der Waals surface area contributed by atoms with E-state index in [9.17, 15) is 31.1 Å². The Balaban J connectivity index is 2.42. The van der Waals surface area contributed by atoms with Crippen molar-refractivity contribution in [3.8, 4) is 5.75 Å². The summed E-state index contributed by atoms with van der Waals surface area (Å²) in [5, 5.41) is 3.26. The maximum atomic E-state index is 12.7. The molecule has 2 aromatic rings. The third-order valence-electron chi connectivity index (χ3n) is 2.74. The van der Waals surface area contributed by atoms with Gasteiger partial charge in [-0.25, -0.2) is 4.79 Å². The van der Waals surface area contributed by atoms with Gasteiger partial charge in [0.25, 0.3) is 0 Å². The highest BCUT2D eigenvalue weighted by atomic mass is 19.4. The number of benzene rings is 1. The molecule has 0 aliphatic rings.